The minimum absolute atomic E-state index is 0.588. The molecule has 2 saturated heterocycles. The van der Waals surface area contributed by atoms with Crippen molar-refractivity contribution in [2.24, 2.45) is 10.9 Å². The lowest BCUT2D eigenvalue weighted by Crippen LogP contribution is -2.46. The Morgan fingerprint density at radius 2 is 1.94 bits per heavy atom. The summed E-state index contributed by atoms with van der Waals surface area (Å²) >= 11 is 0. The molecule has 7 nitrogen and oxygen atoms in total. The van der Waals surface area contributed by atoms with E-state index >= 15 is 0 Å². The molecule has 2 N–H and O–H groups in total. The van der Waals surface area contributed by atoms with Crippen molar-refractivity contribution >= 4 is 11.6 Å². The zero-order valence-corrected chi connectivity index (χ0v) is 19.9. The van der Waals surface area contributed by atoms with E-state index < -0.39 is 0 Å². The van der Waals surface area contributed by atoms with Gasteiger partial charge in [0, 0.05) is 70.6 Å². The molecular weight excluding hydrogens is 402 g/mol. The summed E-state index contributed by atoms with van der Waals surface area (Å²) in [4.78, 5) is 9.77. The molecule has 1 aromatic carbocycles. The summed E-state index contributed by atoms with van der Waals surface area (Å²) in [7, 11) is 0. The van der Waals surface area contributed by atoms with Crippen molar-refractivity contribution in [1.29, 1.82) is 0 Å². The van der Waals surface area contributed by atoms with Gasteiger partial charge in [0.25, 0.3) is 0 Å². The predicted molar refractivity (Wildman–Crippen MR) is 133 cm³/mol. The maximum Gasteiger partial charge on any atom is 0.191 e. The van der Waals surface area contributed by atoms with Gasteiger partial charge in [-0.3, -0.25) is 9.89 Å². The molecule has 1 atom stereocenters. The molecule has 0 saturated carbocycles. The van der Waals surface area contributed by atoms with E-state index in [4.69, 9.17) is 9.47 Å². The Balaban J connectivity index is 1.20. The van der Waals surface area contributed by atoms with Crippen molar-refractivity contribution < 1.29 is 9.47 Å². The lowest BCUT2D eigenvalue weighted by molar-refractivity contribution is 0.0893. The molecule has 2 fully saturated rings. The average molecular weight is 446 g/mol. The van der Waals surface area contributed by atoms with Gasteiger partial charge in [-0.1, -0.05) is 18.2 Å². The van der Waals surface area contributed by atoms with Crippen LogP contribution in [0.25, 0.3) is 0 Å². The average Bonchev–Trinajstić information content (AvgIpc) is 3.35. The number of ether oxygens (including phenoxy) is 2. The Labute approximate surface area is 194 Å². The van der Waals surface area contributed by atoms with Crippen molar-refractivity contribution in [3.63, 3.8) is 0 Å². The first-order valence-corrected chi connectivity index (χ1v) is 12.5. The van der Waals surface area contributed by atoms with Crippen LogP contribution >= 0.6 is 0 Å². The second kappa shape index (κ2) is 15.1. The van der Waals surface area contributed by atoms with Crippen LogP contribution in [-0.4, -0.2) is 89.6 Å². The van der Waals surface area contributed by atoms with Crippen molar-refractivity contribution in [3.05, 3.63) is 30.3 Å². The molecule has 0 spiro atoms. The van der Waals surface area contributed by atoms with Crippen LogP contribution in [0.2, 0.25) is 0 Å². The molecule has 2 heterocycles. The van der Waals surface area contributed by atoms with E-state index in [1.54, 1.807) is 0 Å². The van der Waals surface area contributed by atoms with Gasteiger partial charge in [0.1, 0.15) is 0 Å². The summed E-state index contributed by atoms with van der Waals surface area (Å²) in [5.41, 5.74) is 1.35. The molecule has 0 radical (unpaired) electrons. The van der Waals surface area contributed by atoms with E-state index in [1.165, 1.54) is 18.7 Å². The van der Waals surface area contributed by atoms with Gasteiger partial charge in [-0.2, -0.15) is 0 Å². The molecule has 0 amide bonds. The highest BCUT2D eigenvalue weighted by Crippen LogP contribution is 2.15. The molecule has 0 aliphatic carbocycles. The number of aliphatic imine (C=N–C) groups is 1. The molecule has 0 aromatic heterocycles. The second-order valence-electron chi connectivity index (χ2n) is 8.72. The minimum Gasteiger partial charge on any atom is -0.381 e. The largest absolute Gasteiger partial charge is 0.381 e. The number of anilines is 1. The van der Waals surface area contributed by atoms with E-state index in [2.05, 4.69) is 62.7 Å². The predicted octanol–water partition coefficient (Wildman–Crippen LogP) is 2.59. The fourth-order valence-electron chi connectivity index (χ4n) is 4.20. The highest BCUT2D eigenvalue weighted by atomic mass is 16.5. The maximum absolute atomic E-state index is 5.76. The molecule has 7 heteroatoms. The lowest BCUT2D eigenvalue weighted by Gasteiger charge is -2.36. The Kier molecular flexibility index (Phi) is 11.7. The maximum atomic E-state index is 5.76. The zero-order valence-electron chi connectivity index (χ0n) is 19.9. The van der Waals surface area contributed by atoms with Gasteiger partial charge in [-0.05, 0) is 51.3 Å². The summed E-state index contributed by atoms with van der Waals surface area (Å²) in [5, 5.41) is 6.82. The van der Waals surface area contributed by atoms with Gasteiger partial charge >= 0.3 is 0 Å². The van der Waals surface area contributed by atoms with Crippen LogP contribution in [0.3, 0.4) is 0 Å². The number of nitrogens with zero attached hydrogens (tertiary/aromatic N) is 3. The Bertz CT molecular complexity index is 628. The number of unbranched alkanes of at least 4 members (excludes halogenated alkanes) is 1. The Morgan fingerprint density at radius 1 is 1.09 bits per heavy atom. The van der Waals surface area contributed by atoms with Crippen molar-refractivity contribution in [3.8, 4) is 0 Å². The van der Waals surface area contributed by atoms with Crippen LogP contribution in [0.15, 0.2) is 35.3 Å². The first kappa shape index (κ1) is 24.8. The molecule has 3 rings (SSSR count). The standard InChI is InChI=1S/C25H43N5O2/c1-2-26-25(28-13-8-19-31-21-23-11-20-32-22-23)27-12-6-7-14-29-15-17-30(18-16-29)24-9-4-3-5-10-24/h3-5,9-10,23H,2,6-8,11-22H2,1H3,(H2,26,27,28). The molecule has 2 aliphatic heterocycles. The highest BCUT2D eigenvalue weighted by molar-refractivity contribution is 5.79. The van der Waals surface area contributed by atoms with E-state index in [0.717, 1.165) is 97.5 Å². The Morgan fingerprint density at radius 3 is 2.69 bits per heavy atom. The van der Waals surface area contributed by atoms with Crippen molar-refractivity contribution in [1.82, 2.24) is 15.5 Å². The quantitative estimate of drug-likeness (QED) is 0.277. The number of guanidine groups is 1. The van der Waals surface area contributed by atoms with Crippen molar-refractivity contribution in [2.45, 2.75) is 32.6 Å². The van der Waals surface area contributed by atoms with Gasteiger partial charge in [0.2, 0.25) is 0 Å². The molecule has 1 unspecified atom stereocenters. The molecule has 32 heavy (non-hydrogen) atoms. The Hall–Kier alpha value is -1.83. The third kappa shape index (κ3) is 9.35. The lowest BCUT2D eigenvalue weighted by atomic mass is 10.1. The third-order valence-corrected chi connectivity index (χ3v) is 6.13. The fraction of sp³-hybridized carbons (Fsp3) is 0.720. The summed E-state index contributed by atoms with van der Waals surface area (Å²) in [6, 6.07) is 10.8. The first-order valence-electron chi connectivity index (χ1n) is 12.5. The van der Waals surface area contributed by atoms with Crippen LogP contribution in [0.4, 0.5) is 5.69 Å². The molecular formula is C25H43N5O2. The molecule has 0 bridgehead atoms. The fourth-order valence-corrected chi connectivity index (χ4v) is 4.20. The summed E-state index contributed by atoms with van der Waals surface area (Å²) < 4.78 is 11.1. The number of benzene rings is 1. The first-order chi connectivity index (χ1) is 15.8. The summed E-state index contributed by atoms with van der Waals surface area (Å²) in [6.45, 7) is 13.8. The number of rotatable bonds is 13. The smallest absolute Gasteiger partial charge is 0.191 e. The molecule has 2 aliphatic rings. The molecule has 1 aromatic rings. The van der Waals surface area contributed by atoms with E-state index in [9.17, 15) is 0 Å². The van der Waals surface area contributed by atoms with Crippen LogP contribution in [0.1, 0.15) is 32.6 Å². The SMILES string of the molecule is CCNC(=NCCCOCC1CCOC1)NCCCCN1CCN(c2ccccc2)CC1. The van der Waals surface area contributed by atoms with Gasteiger partial charge in [0.15, 0.2) is 5.96 Å². The summed E-state index contributed by atoms with van der Waals surface area (Å²) in [5.74, 6) is 1.51. The van der Waals surface area contributed by atoms with Crippen LogP contribution in [-0.2, 0) is 9.47 Å². The number of para-hydroxylation sites is 1. The summed E-state index contributed by atoms with van der Waals surface area (Å²) in [6.07, 6.45) is 4.47. The highest BCUT2D eigenvalue weighted by Gasteiger charge is 2.16. The third-order valence-electron chi connectivity index (χ3n) is 6.13. The van der Waals surface area contributed by atoms with E-state index in [1.807, 2.05) is 0 Å². The topological polar surface area (TPSA) is 61.4 Å². The molecule has 180 valence electrons. The van der Waals surface area contributed by atoms with Gasteiger partial charge in [0.05, 0.1) is 13.2 Å². The van der Waals surface area contributed by atoms with Crippen LogP contribution in [0, 0.1) is 5.92 Å². The van der Waals surface area contributed by atoms with Gasteiger partial charge in [-0.15, -0.1) is 0 Å². The zero-order chi connectivity index (χ0) is 22.3. The number of hydrogen-bond acceptors (Lipinski definition) is 5. The normalized spacial score (nSPS) is 20.0. The van der Waals surface area contributed by atoms with Gasteiger partial charge < -0.3 is 25.0 Å². The monoisotopic (exact) mass is 445 g/mol. The van der Waals surface area contributed by atoms with Crippen LogP contribution in [0.5, 0.6) is 0 Å². The van der Waals surface area contributed by atoms with E-state index in [0.29, 0.717) is 5.92 Å². The van der Waals surface area contributed by atoms with Crippen molar-refractivity contribution in [2.75, 3.05) is 83.7 Å². The van der Waals surface area contributed by atoms with Crippen LogP contribution < -0.4 is 15.5 Å². The minimum atomic E-state index is 0.588. The second-order valence-corrected chi connectivity index (χ2v) is 8.72. The van der Waals surface area contributed by atoms with E-state index in [-0.39, 0.29) is 0 Å². The number of piperazine rings is 1. The number of nitrogens with one attached hydrogen (secondary N) is 2. The number of hydrogen-bond donors (Lipinski definition) is 2. The van der Waals surface area contributed by atoms with Gasteiger partial charge in [-0.25, -0.2) is 0 Å².